The molecule has 1 rings (SSSR count). The standard InChI is InChI=1S/C9H16ClN3O3S/c1-6(2)7(4-14)12-17(15,16)9-8(10)13(3)5-11-9/h5-7,12,14H,4H2,1-3H3. The van der Waals surface area contributed by atoms with Crippen molar-refractivity contribution >= 4 is 21.6 Å². The van der Waals surface area contributed by atoms with E-state index in [-0.39, 0.29) is 22.7 Å². The highest BCUT2D eigenvalue weighted by Crippen LogP contribution is 2.19. The zero-order valence-electron chi connectivity index (χ0n) is 9.88. The minimum absolute atomic E-state index is 0.0303. The summed E-state index contributed by atoms with van der Waals surface area (Å²) in [7, 11) is -2.20. The van der Waals surface area contributed by atoms with Crippen molar-refractivity contribution in [2.45, 2.75) is 24.9 Å². The van der Waals surface area contributed by atoms with Gasteiger partial charge in [-0.15, -0.1) is 0 Å². The smallest absolute Gasteiger partial charge is 0.261 e. The first-order chi connectivity index (χ1) is 7.79. The van der Waals surface area contributed by atoms with Crippen molar-refractivity contribution < 1.29 is 13.5 Å². The van der Waals surface area contributed by atoms with Crippen LogP contribution in [0.3, 0.4) is 0 Å². The van der Waals surface area contributed by atoms with Crippen molar-refractivity contribution in [3.8, 4) is 0 Å². The Balaban J connectivity index is 3.00. The molecule has 0 bridgehead atoms. The second kappa shape index (κ2) is 5.34. The molecular formula is C9H16ClN3O3S. The number of imidazole rings is 1. The lowest BCUT2D eigenvalue weighted by atomic mass is 10.1. The molecule has 1 atom stereocenters. The first kappa shape index (κ1) is 14.4. The summed E-state index contributed by atoms with van der Waals surface area (Å²) in [6.07, 6.45) is 1.32. The number of halogens is 1. The summed E-state index contributed by atoms with van der Waals surface area (Å²) in [5.41, 5.74) is 0. The van der Waals surface area contributed by atoms with Crippen molar-refractivity contribution in [2.75, 3.05) is 6.61 Å². The number of sulfonamides is 1. The molecule has 0 saturated carbocycles. The lowest BCUT2D eigenvalue weighted by Crippen LogP contribution is -2.41. The highest BCUT2D eigenvalue weighted by molar-refractivity contribution is 7.89. The van der Waals surface area contributed by atoms with Gasteiger partial charge in [-0.25, -0.2) is 18.1 Å². The maximum absolute atomic E-state index is 12.0. The van der Waals surface area contributed by atoms with Gasteiger partial charge < -0.3 is 9.67 Å². The van der Waals surface area contributed by atoms with Gasteiger partial charge in [0.15, 0.2) is 0 Å². The Labute approximate surface area is 106 Å². The van der Waals surface area contributed by atoms with Crippen molar-refractivity contribution in [1.82, 2.24) is 14.3 Å². The van der Waals surface area contributed by atoms with Crippen LogP contribution in [-0.4, -0.2) is 35.7 Å². The quantitative estimate of drug-likeness (QED) is 0.817. The SMILES string of the molecule is CC(C)C(CO)NS(=O)(=O)c1ncn(C)c1Cl. The van der Waals surface area contributed by atoms with Gasteiger partial charge in [0.2, 0.25) is 5.03 Å². The number of aryl methyl sites for hydroxylation is 1. The van der Waals surface area contributed by atoms with E-state index in [0.717, 1.165) is 0 Å². The molecule has 2 N–H and O–H groups in total. The van der Waals surface area contributed by atoms with Crippen LogP contribution in [0, 0.1) is 5.92 Å². The molecule has 1 heterocycles. The number of hydrogen-bond acceptors (Lipinski definition) is 4. The molecule has 8 heteroatoms. The van der Waals surface area contributed by atoms with Crippen LogP contribution in [0.4, 0.5) is 0 Å². The molecule has 1 aromatic heterocycles. The molecule has 0 spiro atoms. The fraction of sp³-hybridized carbons (Fsp3) is 0.667. The summed E-state index contributed by atoms with van der Waals surface area (Å²) in [6, 6.07) is -0.557. The minimum Gasteiger partial charge on any atom is -0.395 e. The number of aliphatic hydroxyl groups is 1. The Bertz CT molecular complexity index is 484. The molecule has 0 fully saturated rings. The van der Waals surface area contributed by atoms with Gasteiger partial charge in [0.05, 0.1) is 12.9 Å². The number of aromatic nitrogens is 2. The van der Waals surface area contributed by atoms with Gasteiger partial charge in [0, 0.05) is 13.1 Å². The Kier molecular flexibility index (Phi) is 4.54. The monoisotopic (exact) mass is 281 g/mol. The second-order valence-electron chi connectivity index (χ2n) is 4.11. The molecule has 0 radical (unpaired) electrons. The Morgan fingerprint density at radius 2 is 2.18 bits per heavy atom. The second-order valence-corrected chi connectivity index (χ2v) is 6.09. The predicted molar refractivity (Wildman–Crippen MR) is 64.3 cm³/mol. The van der Waals surface area contributed by atoms with E-state index in [1.54, 1.807) is 7.05 Å². The van der Waals surface area contributed by atoms with E-state index in [4.69, 9.17) is 16.7 Å². The molecule has 0 aliphatic heterocycles. The number of hydrogen-bond donors (Lipinski definition) is 2. The summed E-state index contributed by atoms with van der Waals surface area (Å²) in [5, 5.41) is 8.91. The van der Waals surface area contributed by atoms with Crippen LogP contribution in [0.25, 0.3) is 0 Å². The lowest BCUT2D eigenvalue weighted by molar-refractivity contribution is 0.227. The van der Waals surface area contributed by atoms with E-state index in [1.165, 1.54) is 10.9 Å². The van der Waals surface area contributed by atoms with E-state index in [1.807, 2.05) is 13.8 Å². The van der Waals surface area contributed by atoms with Crippen LogP contribution in [0.1, 0.15) is 13.8 Å². The van der Waals surface area contributed by atoms with E-state index < -0.39 is 16.1 Å². The molecule has 6 nitrogen and oxygen atoms in total. The largest absolute Gasteiger partial charge is 0.395 e. The molecule has 17 heavy (non-hydrogen) atoms. The minimum atomic E-state index is -3.80. The highest BCUT2D eigenvalue weighted by Gasteiger charge is 2.26. The number of aliphatic hydroxyl groups excluding tert-OH is 1. The molecule has 0 amide bonds. The molecular weight excluding hydrogens is 266 g/mol. The Hall–Kier alpha value is -0.630. The summed E-state index contributed by atoms with van der Waals surface area (Å²) in [4.78, 5) is 3.73. The van der Waals surface area contributed by atoms with Gasteiger partial charge in [-0.05, 0) is 5.92 Å². The van der Waals surface area contributed by atoms with Gasteiger partial charge in [0.1, 0.15) is 5.15 Å². The van der Waals surface area contributed by atoms with Crippen molar-refractivity contribution in [3.63, 3.8) is 0 Å². The fourth-order valence-electron chi connectivity index (χ4n) is 1.21. The fourth-order valence-corrected chi connectivity index (χ4v) is 3.02. The summed E-state index contributed by atoms with van der Waals surface area (Å²) in [5.74, 6) is -0.0303. The number of rotatable bonds is 5. The summed E-state index contributed by atoms with van der Waals surface area (Å²) >= 11 is 5.82. The normalized spacial score (nSPS) is 14.2. The number of nitrogens with zero attached hydrogens (tertiary/aromatic N) is 2. The van der Waals surface area contributed by atoms with Crippen LogP contribution in [-0.2, 0) is 17.1 Å². The van der Waals surface area contributed by atoms with Gasteiger partial charge >= 0.3 is 0 Å². The van der Waals surface area contributed by atoms with Crippen LogP contribution < -0.4 is 4.72 Å². The molecule has 0 aromatic carbocycles. The maximum atomic E-state index is 12.0. The Morgan fingerprint density at radius 3 is 2.53 bits per heavy atom. The molecule has 1 unspecified atom stereocenters. The van der Waals surface area contributed by atoms with Crippen LogP contribution in [0.5, 0.6) is 0 Å². The van der Waals surface area contributed by atoms with Crippen LogP contribution >= 0.6 is 11.6 Å². The highest BCUT2D eigenvalue weighted by atomic mass is 35.5. The zero-order chi connectivity index (χ0) is 13.2. The molecule has 0 aliphatic rings. The molecule has 1 aromatic rings. The topological polar surface area (TPSA) is 84.2 Å². The lowest BCUT2D eigenvalue weighted by Gasteiger charge is -2.19. The molecule has 0 saturated heterocycles. The first-order valence-electron chi connectivity index (χ1n) is 5.09. The third-order valence-electron chi connectivity index (χ3n) is 2.40. The average Bonchev–Trinajstić information content (AvgIpc) is 2.56. The van der Waals surface area contributed by atoms with Crippen molar-refractivity contribution in [1.29, 1.82) is 0 Å². The predicted octanol–water partition coefficient (Wildman–Crippen LogP) is 0.369. The van der Waals surface area contributed by atoms with Crippen LogP contribution in [0.2, 0.25) is 5.15 Å². The van der Waals surface area contributed by atoms with Crippen molar-refractivity contribution in [2.24, 2.45) is 13.0 Å². The first-order valence-corrected chi connectivity index (χ1v) is 6.95. The summed E-state index contributed by atoms with van der Waals surface area (Å²) in [6.45, 7) is 3.34. The van der Waals surface area contributed by atoms with Gasteiger partial charge in [0.25, 0.3) is 10.0 Å². The van der Waals surface area contributed by atoms with Gasteiger partial charge in [-0.2, -0.15) is 0 Å². The summed E-state index contributed by atoms with van der Waals surface area (Å²) < 4.78 is 27.7. The average molecular weight is 282 g/mol. The third kappa shape index (κ3) is 3.19. The van der Waals surface area contributed by atoms with Gasteiger partial charge in [-0.1, -0.05) is 25.4 Å². The van der Waals surface area contributed by atoms with E-state index in [0.29, 0.717) is 0 Å². The maximum Gasteiger partial charge on any atom is 0.261 e. The molecule has 0 aliphatic carbocycles. The zero-order valence-corrected chi connectivity index (χ0v) is 11.5. The van der Waals surface area contributed by atoms with Crippen molar-refractivity contribution in [3.05, 3.63) is 11.5 Å². The van der Waals surface area contributed by atoms with E-state index in [9.17, 15) is 8.42 Å². The van der Waals surface area contributed by atoms with Gasteiger partial charge in [-0.3, -0.25) is 0 Å². The Morgan fingerprint density at radius 1 is 1.59 bits per heavy atom. The van der Waals surface area contributed by atoms with E-state index >= 15 is 0 Å². The number of nitrogens with one attached hydrogen (secondary N) is 1. The third-order valence-corrected chi connectivity index (χ3v) is 4.38. The van der Waals surface area contributed by atoms with Crippen LogP contribution in [0.15, 0.2) is 11.4 Å². The molecule has 98 valence electrons. The van der Waals surface area contributed by atoms with E-state index in [2.05, 4.69) is 9.71 Å².